The van der Waals surface area contributed by atoms with E-state index in [1.807, 2.05) is 0 Å². The molecule has 19 heavy (non-hydrogen) atoms. The van der Waals surface area contributed by atoms with E-state index in [2.05, 4.69) is 5.32 Å². The van der Waals surface area contributed by atoms with Crippen molar-refractivity contribution in [3.05, 3.63) is 34.6 Å². The molecule has 0 bridgehead atoms. The number of halogens is 2. The number of benzene rings is 1. The Bertz CT molecular complexity index is 410. The molecule has 1 aliphatic heterocycles. The topological polar surface area (TPSA) is 41.5 Å². The molecular weight excluding hydrogens is 269 g/mol. The van der Waals surface area contributed by atoms with Crippen molar-refractivity contribution < 1.29 is 14.2 Å². The highest BCUT2D eigenvalue weighted by molar-refractivity contribution is 6.30. The standard InChI is InChI=1S/C14H19ClFNO2/c15-12-2-1-11(7-13(12)16)14(9-18)17-8-10-3-5-19-6-4-10/h1-2,7,10,14,17-18H,3-6,8-9H2. The Balaban J connectivity index is 1.93. The van der Waals surface area contributed by atoms with E-state index in [1.165, 1.54) is 12.1 Å². The number of nitrogens with one attached hydrogen (secondary N) is 1. The lowest BCUT2D eigenvalue weighted by atomic mass is 9.99. The quantitative estimate of drug-likeness (QED) is 0.874. The summed E-state index contributed by atoms with van der Waals surface area (Å²) in [6, 6.07) is 4.38. The third-order valence-corrected chi connectivity index (χ3v) is 3.83. The van der Waals surface area contributed by atoms with Crippen molar-refractivity contribution in [3.8, 4) is 0 Å². The van der Waals surface area contributed by atoms with Crippen LogP contribution in [0.2, 0.25) is 5.02 Å². The van der Waals surface area contributed by atoms with E-state index in [9.17, 15) is 9.50 Å². The number of ether oxygens (including phenoxy) is 1. The van der Waals surface area contributed by atoms with E-state index in [0.29, 0.717) is 5.92 Å². The van der Waals surface area contributed by atoms with Gasteiger partial charge in [-0.3, -0.25) is 0 Å². The van der Waals surface area contributed by atoms with Crippen LogP contribution in [0, 0.1) is 11.7 Å². The van der Waals surface area contributed by atoms with Crippen LogP contribution in [0.4, 0.5) is 4.39 Å². The van der Waals surface area contributed by atoms with Crippen LogP contribution in [-0.2, 0) is 4.74 Å². The second-order valence-corrected chi connectivity index (χ2v) is 5.28. The van der Waals surface area contributed by atoms with E-state index in [4.69, 9.17) is 16.3 Å². The molecule has 1 aliphatic rings. The van der Waals surface area contributed by atoms with Crippen LogP contribution in [0.15, 0.2) is 18.2 Å². The first-order valence-corrected chi connectivity index (χ1v) is 6.95. The lowest BCUT2D eigenvalue weighted by Gasteiger charge is -2.25. The molecule has 2 rings (SSSR count). The van der Waals surface area contributed by atoms with Gasteiger partial charge in [-0.1, -0.05) is 17.7 Å². The van der Waals surface area contributed by atoms with E-state index >= 15 is 0 Å². The molecule has 1 heterocycles. The Hall–Kier alpha value is -0.680. The van der Waals surface area contributed by atoms with Crippen molar-refractivity contribution >= 4 is 11.6 Å². The van der Waals surface area contributed by atoms with Crippen molar-refractivity contribution in [1.29, 1.82) is 0 Å². The zero-order valence-corrected chi connectivity index (χ0v) is 11.5. The molecule has 1 atom stereocenters. The van der Waals surface area contributed by atoms with Crippen LogP contribution in [0.3, 0.4) is 0 Å². The summed E-state index contributed by atoms with van der Waals surface area (Å²) in [4.78, 5) is 0. The van der Waals surface area contributed by atoms with Crippen LogP contribution in [0.1, 0.15) is 24.4 Å². The van der Waals surface area contributed by atoms with Gasteiger partial charge < -0.3 is 15.2 Å². The Morgan fingerprint density at radius 1 is 1.42 bits per heavy atom. The summed E-state index contributed by atoms with van der Waals surface area (Å²) in [5.41, 5.74) is 0.719. The zero-order chi connectivity index (χ0) is 13.7. The van der Waals surface area contributed by atoms with Gasteiger partial charge in [0.2, 0.25) is 0 Å². The van der Waals surface area contributed by atoms with Crippen molar-refractivity contribution in [2.45, 2.75) is 18.9 Å². The summed E-state index contributed by atoms with van der Waals surface area (Å²) in [6.07, 6.45) is 2.06. The van der Waals surface area contributed by atoms with Crippen molar-refractivity contribution in [3.63, 3.8) is 0 Å². The molecule has 1 saturated heterocycles. The Morgan fingerprint density at radius 3 is 2.79 bits per heavy atom. The van der Waals surface area contributed by atoms with Gasteiger partial charge in [-0.25, -0.2) is 4.39 Å². The number of aliphatic hydroxyl groups excluding tert-OH is 1. The minimum Gasteiger partial charge on any atom is -0.394 e. The average Bonchev–Trinajstić information content (AvgIpc) is 2.44. The van der Waals surface area contributed by atoms with E-state index in [1.54, 1.807) is 6.07 Å². The van der Waals surface area contributed by atoms with Gasteiger partial charge in [0, 0.05) is 13.2 Å². The van der Waals surface area contributed by atoms with Gasteiger partial charge in [0.15, 0.2) is 0 Å². The lowest BCUT2D eigenvalue weighted by molar-refractivity contribution is 0.0645. The molecular formula is C14H19ClFNO2. The molecule has 3 nitrogen and oxygen atoms in total. The first-order valence-electron chi connectivity index (χ1n) is 6.57. The molecule has 0 aliphatic carbocycles. The zero-order valence-electron chi connectivity index (χ0n) is 10.7. The predicted octanol–water partition coefficient (Wildman–Crippen LogP) is 2.53. The number of hydrogen-bond acceptors (Lipinski definition) is 3. The molecule has 0 amide bonds. The van der Waals surface area contributed by atoms with Gasteiger partial charge in [-0.15, -0.1) is 0 Å². The Labute approximate surface area is 117 Å². The van der Waals surface area contributed by atoms with Gasteiger partial charge in [0.25, 0.3) is 0 Å². The molecule has 106 valence electrons. The van der Waals surface area contributed by atoms with E-state index < -0.39 is 5.82 Å². The Morgan fingerprint density at radius 2 is 2.16 bits per heavy atom. The SMILES string of the molecule is OCC(NCC1CCOCC1)c1ccc(Cl)c(F)c1. The summed E-state index contributed by atoms with van der Waals surface area (Å²) in [5.74, 6) is 0.102. The van der Waals surface area contributed by atoms with Crippen LogP contribution in [0.25, 0.3) is 0 Å². The Kier molecular flexibility index (Phi) is 5.58. The third-order valence-electron chi connectivity index (χ3n) is 3.52. The summed E-state index contributed by atoms with van der Waals surface area (Å²) < 4.78 is 18.7. The molecule has 1 unspecified atom stereocenters. The monoisotopic (exact) mass is 287 g/mol. The third kappa shape index (κ3) is 4.14. The molecule has 2 N–H and O–H groups in total. The van der Waals surface area contributed by atoms with Crippen LogP contribution < -0.4 is 5.32 Å². The summed E-state index contributed by atoms with van der Waals surface area (Å²) in [7, 11) is 0. The average molecular weight is 288 g/mol. The van der Waals surface area contributed by atoms with Gasteiger partial charge in [0.1, 0.15) is 5.82 Å². The molecule has 1 aromatic carbocycles. The molecule has 5 heteroatoms. The predicted molar refractivity (Wildman–Crippen MR) is 72.8 cm³/mol. The normalized spacial score (nSPS) is 18.5. The maximum Gasteiger partial charge on any atom is 0.142 e. The van der Waals surface area contributed by atoms with Crippen LogP contribution in [-0.4, -0.2) is 31.5 Å². The van der Waals surface area contributed by atoms with Gasteiger partial charge in [-0.2, -0.15) is 0 Å². The van der Waals surface area contributed by atoms with Gasteiger partial charge in [-0.05, 0) is 43.0 Å². The van der Waals surface area contributed by atoms with E-state index in [-0.39, 0.29) is 17.7 Å². The summed E-state index contributed by atoms with van der Waals surface area (Å²) in [6.45, 7) is 2.33. The van der Waals surface area contributed by atoms with E-state index in [0.717, 1.165) is 38.2 Å². The molecule has 1 fully saturated rings. The molecule has 0 saturated carbocycles. The maximum absolute atomic E-state index is 13.4. The number of rotatable bonds is 5. The van der Waals surface area contributed by atoms with Crippen LogP contribution in [0.5, 0.6) is 0 Å². The maximum atomic E-state index is 13.4. The summed E-state index contributed by atoms with van der Waals surface area (Å²) >= 11 is 5.66. The smallest absolute Gasteiger partial charge is 0.142 e. The minimum atomic E-state index is -0.453. The van der Waals surface area contributed by atoms with Crippen LogP contribution >= 0.6 is 11.6 Å². The number of hydrogen-bond donors (Lipinski definition) is 2. The molecule has 0 radical (unpaired) electrons. The second kappa shape index (κ2) is 7.20. The highest BCUT2D eigenvalue weighted by Gasteiger charge is 2.17. The van der Waals surface area contributed by atoms with Crippen molar-refractivity contribution in [2.75, 3.05) is 26.4 Å². The lowest BCUT2D eigenvalue weighted by Crippen LogP contribution is -2.32. The second-order valence-electron chi connectivity index (χ2n) is 4.87. The van der Waals surface area contributed by atoms with Crippen molar-refractivity contribution in [1.82, 2.24) is 5.32 Å². The fraction of sp³-hybridized carbons (Fsp3) is 0.571. The number of aliphatic hydroxyl groups is 1. The summed E-state index contributed by atoms with van der Waals surface area (Å²) in [5, 5.41) is 12.8. The highest BCUT2D eigenvalue weighted by atomic mass is 35.5. The molecule has 1 aromatic rings. The minimum absolute atomic E-state index is 0.0652. The van der Waals surface area contributed by atoms with Gasteiger partial charge >= 0.3 is 0 Å². The fourth-order valence-electron chi connectivity index (χ4n) is 2.28. The molecule has 0 aromatic heterocycles. The highest BCUT2D eigenvalue weighted by Crippen LogP contribution is 2.21. The molecule has 0 spiro atoms. The first kappa shape index (κ1) is 14.7. The van der Waals surface area contributed by atoms with Gasteiger partial charge in [0.05, 0.1) is 17.7 Å². The fourth-order valence-corrected chi connectivity index (χ4v) is 2.39. The van der Waals surface area contributed by atoms with Crippen molar-refractivity contribution in [2.24, 2.45) is 5.92 Å². The first-order chi connectivity index (χ1) is 9.20. The largest absolute Gasteiger partial charge is 0.394 e.